The maximum absolute atomic E-state index is 11.1. The molecule has 0 saturated heterocycles. The number of rotatable bonds is 0. The first-order valence-electron chi connectivity index (χ1n) is 13.1. The number of carbonyl (C=O) groups is 4. The Balaban J connectivity index is 0.000000125. The Hall–Kier alpha value is -5.44. The number of hydrogen-bond acceptors (Lipinski definition) is 12. The number of sulfonamides is 4. The van der Waals surface area contributed by atoms with E-state index in [-0.39, 0.29) is 41.8 Å². The van der Waals surface area contributed by atoms with Crippen LogP contribution in [0.5, 0.6) is 0 Å². The smallest absolute Gasteiger partial charge is 0.266 e. The van der Waals surface area contributed by atoms with Crippen molar-refractivity contribution in [3.05, 3.63) is 119 Å². The molecule has 0 saturated carbocycles. The van der Waals surface area contributed by atoms with Crippen molar-refractivity contribution in [3.63, 3.8) is 0 Å². The van der Waals surface area contributed by atoms with Gasteiger partial charge in [-0.1, -0.05) is 48.5 Å². The van der Waals surface area contributed by atoms with Crippen LogP contribution in [0.1, 0.15) is 41.4 Å². The maximum atomic E-state index is 11.1. The third kappa shape index (κ3) is 6.53. The van der Waals surface area contributed by atoms with Gasteiger partial charge in [0.15, 0.2) is 0 Å². The van der Waals surface area contributed by atoms with E-state index >= 15 is 0 Å². The molecule has 4 aromatic rings. The van der Waals surface area contributed by atoms with Crippen LogP contribution in [0.2, 0.25) is 0 Å². The summed E-state index contributed by atoms with van der Waals surface area (Å²) in [5, 5.41) is 0. The number of nitrogens with one attached hydrogen (secondary N) is 4. The molecule has 0 radical (unpaired) electrons. The monoisotopic (exact) mass is 732 g/mol. The Bertz CT molecular complexity index is 2150. The van der Waals surface area contributed by atoms with Crippen molar-refractivity contribution in [1.82, 2.24) is 18.9 Å². The molecule has 8 rings (SSSR count). The zero-order chi connectivity index (χ0) is 35.1. The molecule has 0 bridgehead atoms. The molecule has 4 aliphatic heterocycles. The molecule has 0 spiro atoms. The van der Waals surface area contributed by atoms with Gasteiger partial charge in [-0.25, -0.2) is 52.6 Å². The van der Waals surface area contributed by atoms with Gasteiger partial charge in [-0.05, 0) is 48.5 Å². The average Bonchev–Trinajstić information content (AvgIpc) is 3.62. The minimum absolute atomic E-state index is 0.0648. The zero-order valence-electron chi connectivity index (χ0n) is 23.8. The molecule has 16 nitrogen and oxygen atoms in total. The van der Waals surface area contributed by atoms with Gasteiger partial charge in [0.05, 0.1) is 22.3 Å². The molecule has 0 fully saturated rings. The lowest BCUT2D eigenvalue weighted by Crippen LogP contribution is -2.20. The summed E-state index contributed by atoms with van der Waals surface area (Å²) in [6.07, 6.45) is 0. The van der Waals surface area contributed by atoms with Crippen molar-refractivity contribution < 1.29 is 52.8 Å². The molecule has 4 aliphatic rings. The number of amides is 4. The molecule has 4 heterocycles. The molecule has 248 valence electrons. The molecule has 0 unspecified atom stereocenters. The summed E-state index contributed by atoms with van der Waals surface area (Å²) >= 11 is 0. The molecule has 4 amide bonds. The Labute approximate surface area is 273 Å². The van der Waals surface area contributed by atoms with Crippen LogP contribution in [0.25, 0.3) is 0 Å². The van der Waals surface area contributed by atoms with E-state index in [0.29, 0.717) is 0 Å². The number of fused-ring (bicyclic) bond motifs is 4. The first-order valence-corrected chi connectivity index (χ1v) is 19.0. The molecular formula is C28H20N4O12S4. The van der Waals surface area contributed by atoms with Crippen molar-refractivity contribution in [2.45, 2.75) is 19.6 Å². The van der Waals surface area contributed by atoms with E-state index in [1.54, 1.807) is 48.5 Å². The highest BCUT2D eigenvalue weighted by atomic mass is 32.2. The molecule has 0 aliphatic carbocycles. The highest BCUT2D eigenvalue weighted by Gasteiger charge is 2.34. The van der Waals surface area contributed by atoms with Gasteiger partial charge in [0.1, 0.15) is 19.6 Å². The minimum atomic E-state index is -3.55. The van der Waals surface area contributed by atoms with Crippen molar-refractivity contribution in [2.24, 2.45) is 0 Å². The van der Waals surface area contributed by atoms with Crippen molar-refractivity contribution in [2.75, 3.05) is 0 Å². The number of hydrogen-bond donors (Lipinski definition) is 4. The summed E-state index contributed by atoms with van der Waals surface area (Å²) < 4.78 is 96.6. The van der Waals surface area contributed by atoms with E-state index in [0.717, 1.165) is 0 Å². The Morgan fingerprint density at radius 3 is 0.625 bits per heavy atom. The van der Waals surface area contributed by atoms with Crippen molar-refractivity contribution in [1.29, 1.82) is 0 Å². The van der Waals surface area contributed by atoms with Gasteiger partial charge in [0, 0.05) is 0 Å². The Morgan fingerprint density at radius 2 is 0.458 bits per heavy atom. The second-order valence-corrected chi connectivity index (χ2v) is 16.3. The minimum Gasteiger partial charge on any atom is -0.268 e. The van der Waals surface area contributed by atoms with E-state index in [9.17, 15) is 52.8 Å². The van der Waals surface area contributed by atoms with Crippen LogP contribution in [-0.4, -0.2) is 57.3 Å². The summed E-state index contributed by atoms with van der Waals surface area (Å²) in [6, 6.07) is 24.4. The van der Waals surface area contributed by atoms with Gasteiger partial charge in [-0.3, -0.25) is 19.2 Å². The fraction of sp³-hybridized carbons (Fsp3) is 0. The largest absolute Gasteiger partial charge is 0.268 e. The molecule has 4 N–H and O–H groups in total. The number of carbonyl (C=O) groups excluding carboxylic acids is 4. The van der Waals surface area contributed by atoms with E-state index in [1.807, 2.05) is 18.9 Å². The molecule has 0 atom stereocenters. The molecule has 0 aromatic heterocycles. The molecule has 20 heteroatoms. The van der Waals surface area contributed by atoms with Gasteiger partial charge in [-0.2, -0.15) is 0 Å². The van der Waals surface area contributed by atoms with Crippen LogP contribution in [0, 0.1) is 0 Å². The summed E-state index contributed by atoms with van der Waals surface area (Å²) in [5.41, 5.74) is 0.880. The van der Waals surface area contributed by atoms with Crippen LogP contribution in [-0.2, 0) is 40.1 Å². The van der Waals surface area contributed by atoms with Gasteiger partial charge in [-0.15, -0.1) is 0 Å². The van der Waals surface area contributed by atoms with Gasteiger partial charge >= 0.3 is 0 Å². The third-order valence-corrected chi connectivity index (χ3v) is 12.1. The van der Waals surface area contributed by atoms with E-state index < -0.39 is 63.7 Å². The SMILES string of the molecule is O=C1NS(=O)(=O)c2ccccc21.O=C1NS(=O)(=O)c2ccccc21.O=C1NS(=O)(=O)c2ccccc21.O=C1NS(=O)(=O)c2ccccc21. The number of benzene rings is 4. The Kier molecular flexibility index (Phi) is 8.69. The van der Waals surface area contributed by atoms with E-state index in [2.05, 4.69) is 0 Å². The van der Waals surface area contributed by atoms with Crippen LogP contribution in [0.3, 0.4) is 0 Å². The van der Waals surface area contributed by atoms with Crippen molar-refractivity contribution in [3.8, 4) is 0 Å². The summed E-state index contributed by atoms with van der Waals surface area (Å²) in [6.45, 7) is 0. The van der Waals surface area contributed by atoms with Gasteiger partial charge in [0.25, 0.3) is 63.7 Å². The maximum Gasteiger partial charge on any atom is 0.266 e. The first kappa shape index (κ1) is 33.9. The quantitative estimate of drug-likeness (QED) is 0.193. The van der Waals surface area contributed by atoms with Crippen molar-refractivity contribution >= 4 is 63.7 Å². The topological polar surface area (TPSA) is 253 Å². The molecule has 48 heavy (non-hydrogen) atoms. The normalized spacial score (nSPS) is 18.5. The second kappa shape index (κ2) is 12.3. The first-order chi connectivity index (χ1) is 22.4. The lowest BCUT2D eigenvalue weighted by Gasteiger charge is -1.91. The van der Waals surface area contributed by atoms with Crippen LogP contribution >= 0.6 is 0 Å². The fourth-order valence-corrected chi connectivity index (χ4v) is 9.17. The van der Waals surface area contributed by atoms with E-state index in [4.69, 9.17) is 0 Å². The molecular weight excluding hydrogens is 713 g/mol. The predicted octanol–water partition coefficient (Wildman–Crippen LogP) is 0.475. The van der Waals surface area contributed by atoms with Gasteiger partial charge in [0.2, 0.25) is 0 Å². The lowest BCUT2D eigenvalue weighted by atomic mass is 10.2. The Morgan fingerprint density at radius 1 is 0.292 bits per heavy atom. The summed E-state index contributed by atoms with van der Waals surface area (Å²) in [4.78, 5) is 44.2. The predicted molar refractivity (Wildman–Crippen MR) is 164 cm³/mol. The fourth-order valence-electron chi connectivity index (χ4n) is 4.48. The zero-order valence-corrected chi connectivity index (χ0v) is 27.0. The highest BCUT2D eigenvalue weighted by molar-refractivity contribution is 7.91. The lowest BCUT2D eigenvalue weighted by molar-refractivity contribution is 0.0976. The highest BCUT2D eigenvalue weighted by Crippen LogP contribution is 2.23. The third-order valence-electron chi connectivity index (χ3n) is 6.59. The standard InChI is InChI=1S/4C7H5NO3S/c4*9-7-5-3-1-2-4-6(5)12(10,11)8-7/h4*1-4H,(H,8,9). The van der Waals surface area contributed by atoms with Crippen LogP contribution in [0.15, 0.2) is 117 Å². The molecule has 4 aromatic carbocycles. The van der Waals surface area contributed by atoms with Crippen LogP contribution in [0.4, 0.5) is 0 Å². The summed E-state index contributed by atoms with van der Waals surface area (Å²) in [7, 11) is -14.2. The second-order valence-electron chi connectivity index (χ2n) is 9.72. The van der Waals surface area contributed by atoms with E-state index in [1.165, 1.54) is 48.5 Å². The van der Waals surface area contributed by atoms with Gasteiger partial charge < -0.3 is 0 Å². The van der Waals surface area contributed by atoms with Crippen LogP contribution < -0.4 is 18.9 Å². The average molecular weight is 733 g/mol. The summed E-state index contributed by atoms with van der Waals surface area (Å²) in [5.74, 6) is -2.20.